The zero-order chi connectivity index (χ0) is 11.5. The van der Waals surface area contributed by atoms with E-state index in [0.717, 1.165) is 24.3 Å². The molecule has 0 aromatic rings. The summed E-state index contributed by atoms with van der Waals surface area (Å²) in [6.07, 6.45) is 2.92. The molecule has 3 nitrogen and oxygen atoms in total. The first kappa shape index (κ1) is 15.3. The number of ether oxygens (including phenoxy) is 1. The third-order valence-corrected chi connectivity index (χ3v) is 4.44. The van der Waals surface area contributed by atoms with Crippen molar-refractivity contribution in [3.63, 3.8) is 0 Å². The minimum atomic E-state index is -0.144. The molecular formula is C9H17O3PS2. The van der Waals surface area contributed by atoms with E-state index in [1.54, 1.807) is 21.6 Å². The monoisotopic (exact) mass is 268 g/mol. The van der Waals surface area contributed by atoms with Crippen LogP contribution in [-0.4, -0.2) is 30.1 Å². The summed E-state index contributed by atoms with van der Waals surface area (Å²) in [5.41, 5.74) is 0.172. The van der Waals surface area contributed by atoms with Gasteiger partial charge in [0.1, 0.15) is 5.52 Å². The average Bonchev–Trinajstić information content (AvgIpc) is 2.21. The Hall–Kier alpha value is 0.270. The first-order chi connectivity index (χ1) is 7.16. The highest BCUT2D eigenvalue weighted by atomic mass is 33.1. The zero-order valence-corrected chi connectivity index (χ0v) is 11.6. The van der Waals surface area contributed by atoms with Crippen molar-refractivity contribution < 1.29 is 14.3 Å². The summed E-state index contributed by atoms with van der Waals surface area (Å²) >= 11 is 0. The van der Waals surface area contributed by atoms with Crippen LogP contribution in [0.3, 0.4) is 0 Å². The molecule has 6 heteroatoms. The molecule has 0 aliphatic carbocycles. The molecule has 0 aliphatic rings. The third-order valence-electron chi connectivity index (χ3n) is 1.57. The Balaban J connectivity index is 3.05. The van der Waals surface area contributed by atoms with E-state index in [1.165, 1.54) is 7.11 Å². The Morgan fingerprint density at radius 2 is 1.67 bits per heavy atom. The lowest BCUT2D eigenvalue weighted by molar-refractivity contribution is -0.140. The van der Waals surface area contributed by atoms with E-state index in [9.17, 15) is 9.59 Å². The number of methoxy groups -OCH3 is 1. The van der Waals surface area contributed by atoms with Gasteiger partial charge in [0.2, 0.25) is 0 Å². The largest absolute Gasteiger partial charge is 0.469 e. The molecule has 0 saturated heterocycles. The Labute approximate surface area is 101 Å². The lowest BCUT2D eigenvalue weighted by atomic mass is 10.3. The summed E-state index contributed by atoms with van der Waals surface area (Å²) in [5.74, 6) is 1.80. The number of carbonyl (C=O) groups excluding carboxylic acids is 2. The molecule has 1 unspecified atom stereocenters. The molecule has 1 atom stereocenters. The zero-order valence-electron chi connectivity index (χ0n) is 8.86. The molecule has 0 heterocycles. The van der Waals surface area contributed by atoms with Crippen LogP contribution in [0.2, 0.25) is 0 Å². The molecular weight excluding hydrogens is 251 g/mol. The van der Waals surface area contributed by atoms with Crippen molar-refractivity contribution in [3.8, 4) is 0 Å². The second-order valence-corrected chi connectivity index (χ2v) is 6.24. The molecule has 0 spiro atoms. The lowest BCUT2D eigenvalue weighted by Gasteiger charge is -2.00. The van der Waals surface area contributed by atoms with Crippen molar-refractivity contribution in [2.45, 2.75) is 25.7 Å². The Kier molecular flexibility index (Phi) is 11.0. The smallest absolute Gasteiger partial charge is 0.305 e. The summed E-state index contributed by atoms with van der Waals surface area (Å²) < 4.78 is 4.53. The van der Waals surface area contributed by atoms with Crippen LogP contribution in [0.5, 0.6) is 0 Å². The summed E-state index contributed by atoms with van der Waals surface area (Å²) in [7, 11) is 7.09. The van der Waals surface area contributed by atoms with E-state index in [1.807, 2.05) is 0 Å². The van der Waals surface area contributed by atoms with Gasteiger partial charge in [0.05, 0.1) is 7.11 Å². The minimum absolute atomic E-state index is 0.144. The van der Waals surface area contributed by atoms with Crippen LogP contribution in [0, 0.1) is 0 Å². The molecule has 0 amide bonds. The number of esters is 1. The van der Waals surface area contributed by atoms with E-state index in [0.29, 0.717) is 12.8 Å². The van der Waals surface area contributed by atoms with Gasteiger partial charge in [0, 0.05) is 24.3 Å². The molecule has 0 aromatic heterocycles. The first-order valence-corrected chi connectivity index (χ1v) is 7.83. The van der Waals surface area contributed by atoms with Gasteiger partial charge in [0.15, 0.2) is 0 Å². The molecule has 0 aliphatic heterocycles. The Morgan fingerprint density at radius 3 is 2.13 bits per heavy atom. The van der Waals surface area contributed by atoms with E-state index < -0.39 is 0 Å². The maximum Gasteiger partial charge on any atom is 0.305 e. The summed E-state index contributed by atoms with van der Waals surface area (Å²) in [6.45, 7) is 0. The van der Waals surface area contributed by atoms with Crippen LogP contribution in [0.4, 0.5) is 0 Å². The van der Waals surface area contributed by atoms with Crippen LogP contribution in [0.15, 0.2) is 0 Å². The molecule has 0 rings (SSSR count). The van der Waals surface area contributed by atoms with E-state index in [4.69, 9.17) is 0 Å². The molecule has 0 saturated carbocycles. The highest BCUT2D eigenvalue weighted by Gasteiger charge is 1.99. The van der Waals surface area contributed by atoms with Gasteiger partial charge >= 0.3 is 5.97 Å². The van der Waals surface area contributed by atoms with Gasteiger partial charge in [0.25, 0.3) is 0 Å². The highest BCUT2D eigenvalue weighted by Crippen LogP contribution is 2.23. The standard InChI is InChI=1S/C9H17O3PS2/c1-12-8(10)4-2-6-14-15-7-3-5-9(11)13/h2-7,13H2,1H3. The van der Waals surface area contributed by atoms with Gasteiger partial charge in [-0.3, -0.25) is 9.59 Å². The van der Waals surface area contributed by atoms with Crippen molar-refractivity contribution in [1.82, 2.24) is 0 Å². The molecule has 0 N–H and O–H groups in total. The molecule has 0 bridgehead atoms. The summed E-state index contributed by atoms with van der Waals surface area (Å²) in [5, 5.41) is 0. The van der Waals surface area contributed by atoms with E-state index >= 15 is 0 Å². The van der Waals surface area contributed by atoms with Crippen LogP contribution in [0.1, 0.15) is 25.7 Å². The quantitative estimate of drug-likeness (QED) is 0.278. The molecule has 88 valence electrons. The van der Waals surface area contributed by atoms with Crippen LogP contribution >= 0.6 is 30.8 Å². The van der Waals surface area contributed by atoms with Crippen molar-refractivity contribution in [1.29, 1.82) is 0 Å². The van der Waals surface area contributed by atoms with Crippen molar-refractivity contribution >= 4 is 42.3 Å². The Morgan fingerprint density at radius 1 is 1.13 bits per heavy atom. The number of hydrogen-bond donors (Lipinski definition) is 0. The summed E-state index contributed by atoms with van der Waals surface area (Å²) in [6, 6.07) is 0. The third kappa shape index (κ3) is 12.2. The number of hydrogen-bond acceptors (Lipinski definition) is 5. The van der Waals surface area contributed by atoms with Crippen molar-refractivity contribution in [3.05, 3.63) is 0 Å². The number of rotatable bonds is 9. The fourth-order valence-corrected chi connectivity index (χ4v) is 3.18. The second-order valence-electron chi connectivity index (χ2n) is 2.89. The molecule has 0 aromatic carbocycles. The maximum atomic E-state index is 10.7. The van der Waals surface area contributed by atoms with Gasteiger partial charge in [-0.2, -0.15) is 0 Å². The van der Waals surface area contributed by atoms with E-state index in [2.05, 4.69) is 14.0 Å². The van der Waals surface area contributed by atoms with Gasteiger partial charge < -0.3 is 4.74 Å². The fraction of sp³-hybridized carbons (Fsp3) is 0.778. The normalized spacial score (nSPS) is 10.0. The SMILES string of the molecule is COC(=O)CCCSSCCCC(=O)P. The second kappa shape index (κ2) is 10.8. The molecule has 0 radical (unpaired) electrons. The summed E-state index contributed by atoms with van der Waals surface area (Å²) in [4.78, 5) is 21.3. The minimum Gasteiger partial charge on any atom is -0.469 e. The van der Waals surface area contributed by atoms with Crippen molar-refractivity contribution in [2.75, 3.05) is 18.6 Å². The molecule has 15 heavy (non-hydrogen) atoms. The van der Waals surface area contributed by atoms with Crippen LogP contribution in [-0.2, 0) is 14.3 Å². The van der Waals surface area contributed by atoms with Crippen LogP contribution in [0.25, 0.3) is 0 Å². The van der Waals surface area contributed by atoms with Gasteiger partial charge in [-0.15, -0.1) is 0 Å². The fourth-order valence-electron chi connectivity index (χ4n) is 0.801. The van der Waals surface area contributed by atoms with Gasteiger partial charge in [-0.05, 0) is 12.8 Å². The predicted molar refractivity (Wildman–Crippen MR) is 70.1 cm³/mol. The van der Waals surface area contributed by atoms with E-state index in [-0.39, 0.29) is 11.5 Å². The van der Waals surface area contributed by atoms with Crippen molar-refractivity contribution in [2.24, 2.45) is 0 Å². The van der Waals surface area contributed by atoms with Gasteiger partial charge in [-0.25, -0.2) is 0 Å². The predicted octanol–water partition coefficient (Wildman–Crippen LogP) is 2.50. The topological polar surface area (TPSA) is 43.4 Å². The average molecular weight is 268 g/mol. The molecule has 0 fully saturated rings. The number of carbonyl (C=O) groups is 2. The van der Waals surface area contributed by atoms with Gasteiger partial charge in [-0.1, -0.05) is 30.8 Å². The van der Waals surface area contributed by atoms with Crippen LogP contribution < -0.4 is 0 Å². The first-order valence-electron chi connectivity index (χ1n) is 4.76. The lowest BCUT2D eigenvalue weighted by Crippen LogP contribution is -1.99. The highest BCUT2D eigenvalue weighted by molar-refractivity contribution is 8.76. The Bertz CT molecular complexity index is 200. The maximum absolute atomic E-state index is 10.7.